The Morgan fingerprint density at radius 3 is 2.00 bits per heavy atom. The molecule has 0 N–H and O–H groups in total. The maximum atomic E-state index is 11.9. The Balaban J connectivity index is 2.97. The summed E-state index contributed by atoms with van der Waals surface area (Å²) in [7, 11) is 0. The monoisotopic (exact) mass is 300 g/mol. The first-order valence-electron chi connectivity index (χ1n) is 3.28. The summed E-state index contributed by atoms with van der Waals surface area (Å²) in [6.07, 6.45) is -4.78. The van der Waals surface area contributed by atoms with E-state index in [9.17, 15) is 18.0 Å². The van der Waals surface area contributed by atoms with E-state index in [0.29, 0.717) is 0 Å². The molecule has 0 radical (unpaired) electrons. The lowest BCUT2D eigenvalue weighted by Crippen LogP contribution is -2.22. The molecular weight excluding hydrogens is 296 g/mol. The summed E-state index contributed by atoms with van der Waals surface area (Å²) in [6, 6.07) is 5.24. The van der Waals surface area contributed by atoms with Crippen molar-refractivity contribution in [1.82, 2.24) is 0 Å². The van der Waals surface area contributed by atoms with Crippen molar-refractivity contribution < 1.29 is 18.0 Å². The fraction of sp³-hybridized carbons (Fsp3) is 0.125. The van der Waals surface area contributed by atoms with Crippen LogP contribution in [0.4, 0.5) is 13.2 Å². The summed E-state index contributed by atoms with van der Waals surface area (Å²) in [5.74, 6) is -1.80. The van der Waals surface area contributed by atoms with Gasteiger partial charge in [0.05, 0.1) is 0 Å². The SMILES string of the molecule is O=C(c1ccc(I)cc1)C(F)(F)F. The maximum absolute atomic E-state index is 11.9. The van der Waals surface area contributed by atoms with E-state index in [4.69, 9.17) is 0 Å². The minimum atomic E-state index is -4.78. The van der Waals surface area contributed by atoms with Gasteiger partial charge in [0.25, 0.3) is 5.78 Å². The molecule has 0 amide bonds. The van der Waals surface area contributed by atoms with Gasteiger partial charge in [-0.2, -0.15) is 13.2 Å². The van der Waals surface area contributed by atoms with E-state index in [1.54, 1.807) is 0 Å². The number of Topliss-reactive ketones (excluding diaryl/α,β-unsaturated/α-hetero) is 1. The van der Waals surface area contributed by atoms with Crippen LogP contribution in [0, 0.1) is 3.57 Å². The topological polar surface area (TPSA) is 17.1 Å². The summed E-state index contributed by atoms with van der Waals surface area (Å²) < 4.78 is 36.4. The molecule has 0 unspecified atom stereocenters. The van der Waals surface area contributed by atoms with Crippen molar-refractivity contribution in [3.63, 3.8) is 0 Å². The molecule has 0 aliphatic carbocycles. The van der Waals surface area contributed by atoms with Gasteiger partial charge >= 0.3 is 6.18 Å². The number of benzene rings is 1. The summed E-state index contributed by atoms with van der Waals surface area (Å²) in [6.45, 7) is 0. The minimum Gasteiger partial charge on any atom is -0.284 e. The molecule has 1 rings (SSSR count). The summed E-state index contributed by atoms with van der Waals surface area (Å²) in [4.78, 5) is 10.7. The van der Waals surface area contributed by atoms with Gasteiger partial charge in [0.1, 0.15) is 0 Å². The Kier molecular flexibility index (Phi) is 2.94. The minimum absolute atomic E-state index is 0.326. The van der Waals surface area contributed by atoms with Gasteiger partial charge in [0.15, 0.2) is 0 Å². The predicted octanol–water partition coefficient (Wildman–Crippen LogP) is 3.04. The van der Waals surface area contributed by atoms with Crippen LogP contribution >= 0.6 is 22.6 Å². The van der Waals surface area contributed by atoms with Crippen LogP contribution in [0.1, 0.15) is 10.4 Å². The predicted molar refractivity (Wildman–Crippen MR) is 49.5 cm³/mol. The number of halogens is 4. The molecule has 0 fully saturated rings. The standard InChI is InChI=1S/C8H4F3IO/c9-8(10,11)7(13)5-1-3-6(12)4-2-5/h1-4H. The third-order valence-electron chi connectivity index (χ3n) is 1.36. The smallest absolute Gasteiger partial charge is 0.284 e. The summed E-state index contributed by atoms with van der Waals surface area (Å²) >= 11 is 1.95. The van der Waals surface area contributed by atoms with Crippen molar-refractivity contribution in [3.8, 4) is 0 Å². The normalized spacial score (nSPS) is 11.4. The number of hydrogen-bond acceptors (Lipinski definition) is 1. The van der Waals surface area contributed by atoms with Crippen molar-refractivity contribution >= 4 is 28.4 Å². The molecule has 1 aromatic carbocycles. The van der Waals surface area contributed by atoms with Crippen LogP contribution in [-0.2, 0) is 0 Å². The van der Waals surface area contributed by atoms with E-state index in [2.05, 4.69) is 0 Å². The maximum Gasteiger partial charge on any atom is 0.454 e. The lowest BCUT2D eigenvalue weighted by atomic mass is 10.1. The van der Waals surface area contributed by atoms with Crippen LogP contribution in [0.3, 0.4) is 0 Å². The van der Waals surface area contributed by atoms with Gasteiger partial charge in [-0.25, -0.2) is 0 Å². The van der Waals surface area contributed by atoms with Gasteiger partial charge in [0, 0.05) is 9.13 Å². The van der Waals surface area contributed by atoms with Crippen molar-refractivity contribution in [2.75, 3.05) is 0 Å². The van der Waals surface area contributed by atoms with E-state index in [-0.39, 0.29) is 5.56 Å². The Labute approximate surface area is 86.1 Å². The van der Waals surface area contributed by atoms with Crippen molar-refractivity contribution in [1.29, 1.82) is 0 Å². The van der Waals surface area contributed by atoms with Gasteiger partial charge in [-0.15, -0.1) is 0 Å². The van der Waals surface area contributed by atoms with Crippen LogP contribution in [0.25, 0.3) is 0 Å². The number of rotatable bonds is 1. The molecule has 0 heterocycles. The average molecular weight is 300 g/mol. The second-order valence-electron chi connectivity index (χ2n) is 2.33. The van der Waals surface area contributed by atoms with Crippen LogP contribution in [0.15, 0.2) is 24.3 Å². The largest absolute Gasteiger partial charge is 0.454 e. The molecule has 0 aliphatic rings. The summed E-state index contributed by atoms with van der Waals surface area (Å²) in [5.41, 5.74) is -0.326. The lowest BCUT2D eigenvalue weighted by Gasteiger charge is -2.04. The van der Waals surface area contributed by atoms with Crippen molar-refractivity contribution in [2.45, 2.75) is 6.18 Å². The highest BCUT2D eigenvalue weighted by Gasteiger charge is 2.38. The molecule has 1 nitrogen and oxygen atoms in total. The molecule has 70 valence electrons. The Hall–Kier alpha value is -0.590. The number of ketones is 1. The first kappa shape index (κ1) is 10.5. The van der Waals surface area contributed by atoms with Crippen molar-refractivity contribution in [3.05, 3.63) is 33.4 Å². The Morgan fingerprint density at radius 1 is 1.15 bits per heavy atom. The van der Waals surface area contributed by atoms with Crippen LogP contribution in [-0.4, -0.2) is 12.0 Å². The highest BCUT2D eigenvalue weighted by atomic mass is 127. The molecule has 0 spiro atoms. The quantitative estimate of drug-likeness (QED) is 0.575. The van der Waals surface area contributed by atoms with Gasteiger partial charge in [-0.3, -0.25) is 4.79 Å². The first-order valence-corrected chi connectivity index (χ1v) is 4.36. The fourth-order valence-electron chi connectivity index (χ4n) is 0.765. The molecule has 0 saturated heterocycles. The Bertz CT molecular complexity index is 315. The van der Waals surface area contributed by atoms with Crippen LogP contribution in [0.5, 0.6) is 0 Å². The second kappa shape index (κ2) is 3.65. The molecule has 0 bridgehead atoms. The number of hydrogen-bond donors (Lipinski definition) is 0. The average Bonchev–Trinajstić information content (AvgIpc) is 2.03. The molecule has 0 aliphatic heterocycles. The summed E-state index contributed by atoms with van der Waals surface area (Å²) in [5, 5.41) is 0. The molecular formula is C8H4F3IO. The van der Waals surface area contributed by atoms with Gasteiger partial charge in [-0.1, -0.05) is 12.1 Å². The van der Waals surface area contributed by atoms with E-state index in [0.717, 1.165) is 15.7 Å². The Morgan fingerprint density at radius 2 is 1.62 bits per heavy atom. The molecule has 1 aromatic rings. The third kappa shape index (κ3) is 2.68. The highest BCUT2D eigenvalue weighted by Crippen LogP contribution is 2.21. The fourth-order valence-corrected chi connectivity index (χ4v) is 1.12. The lowest BCUT2D eigenvalue weighted by molar-refractivity contribution is -0.0885. The number of alkyl halides is 3. The zero-order chi connectivity index (χ0) is 10.1. The molecule has 0 atom stereocenters. The van der Waals surface area contributed by atoms with E-state index in [1.165, 1.54) is 12.1 Å². The van der Waals surface area contributed by atoms with Gasteiger partial charge in [-0.05, 0) is 34.7 Å². The van der Waals surface area contributed by atoms with E-state index < -0.39 is 12.0 Å². The van der Waals surface area contributed by atoms with Crippen LogP contribution in [0.2, 0.25) is 0 Å². The van der Waals surface area contributed by atoms with Crippen molar-refractivity contribution in [2.24, 2.45) is 0 Å². The number of carbonyl (C=O) groups excluding carboxylic acids is 1. The van der Waals surface area contributed by atoms with Gasteiger partial charge in [0.2, 0.25) is 0 Å². The third-order valence-corrected chi connectivity index (χ3v) is 2.08. The molecule has 0 aromatic heterocycles. The first-order chi connectivity index (χ1) is 5.91. The molecule has 0 saturated carbocycles. The van der Waals surface area contributed by atoms with E-state index >= 15 is 0 Å². The van der Waals surface area contributed by atoms with Gasteiger partial charge < -0.3 is 0 Å². The zero-order valence-electron chi connectivity index (χ0n) is 6.23. The second-order valence-corrected chi connectivity index (χ2v) is 3.58. The zero-order valence-corrected chi connectivity index (χ0v) is 8.39. The van der Waals surface area contributed by atoms with E-state index in [1.807, 2.05) is 22.6 Å². The molecule has 5 heteroatoms. The molecule has 13 heavy (non-hydrogen) atoms. The highest BCUT2D eigenvalue weighted by molar-refractivity contribution is 14.1. The number of carbonyl (C=O) groups is 1. The van der Waals surface area contributed by atoms with Crippen LogP contribution < -0.4 is 0 Å².